The van der Waals surface area contributed by atoms with Crippen LogP contribution in [0.2, 0.25) is 0 Å². The van der Waals surface area contributed by atoms with Crippen LogP contribution < -0.4 is 0 Å². The zero-order valence-corrected chi connectivity index (χ0v) is 13.7. The first-order chi connectivity index (χ1) is 11.8. The Morgan fingerprint density at radius 2 is 1.88 bits per heavy atom. The fraction of sp³-hybridized carbons (Fsp3) is 0.300. The second kappa shape index (κ2) is 6.46. The number of aromatic nitrogens is 3. The van der Waals surface area contributed by atoms with Crippen LogP contribution in [-0.2, 0) is 4.74 Å². The number of pyridine rings is 2. The summed E-state index contributed by atoms with van der Waals surface area (Å²) in [7, 11) is 0. The summed E-state index contributed by atoms with van der Waals surface area (Å²) in [6, 6.07) is 8.16. The molecule has 3 aromatic rings. The third kappa shape index (κ3) is 2.91. The number of nitrogens with zero attached hydrogens (tertiary/aromatic N) is 3. The van der Waals surface area contributed by atoms with Gasteiger partial charge in [0.15, 0.2) is 0 Å². The third-order valence-corrected chi connectivity index (χ3v) is 4.49. The number of hydrogen-bond donors (Lipinski definition) is 0. The van der Waals surface area contributed by atoms with Crippen molar-refractivity contribution in [1.82, 2.24) is 14.4 Å². The van der Waals surface area contributed by atoms with Crippen LogP contribution in [-0.4, -0.2) is 27.6 Å². The first-order valence-corrected chi connectivity index (χ1v) is 8.29. The van der Waals surface area contributed by atoms with Gasteiger partial charge < -0.3 is 9.14 Å². The van der Waals surface area contributed by atoms with E-state index in [1.165, 1.54) is 0 Å². The van der Waals surface area contributed by atoms with Gasteiger partial charge in [-0.05, 0) is 61.1 Å². The van der Waals surface area contributed by atoms with Gasteiger partial charge in [0.05, 0.1) is 5.69 Å². The van der Waals surface area contributed by atoms with E-state index in [4.69, 9.17) is 4.74 Å². The number of fused-ring (bicyclic) bond motifs is 1. The van der Waals surface area contributed by atoms with E-state index >= 15 is 0 Å². The summed E-state index contributed by atoms with van der Waals surface area (Å²) in [5, 5.41) is 0. The van der Waals surface area contributed by atoms with E-state index in [9.17, 15) is 0 Å². The second-order valence-corrected chi connectivity index (χ2v) is 6.08. The molecule has 1 fully saturated rings. The average molecular weight is 317 g/mol. The molecule has 120 valence electrons. The summed E-state index contributed by atoms with van der Waals surface area (Å²) in [6.07, 6.45) is 7.78. The van der Waals surface area contributed by atoms with Gasteiger partial charge in [-0.2, -0.15) is 0 Å². The lowest BCUT2D eigenvalue weighted by Gasteiger charge is -2.16. The van der Waals surface area contributed by atoms with Crippen LogP contribution in [0.4, 0.5) is 0 Å². The van der Waals surface area contributed by atoms with Crippen LogP contribution in [0.15, 0.2) is 42.9 Å². The minimum atomic E-state index is 0.426. The summed E-state index contributed by atoms with van der Waals surface area (Å²) >= 11 is 0. The molecule has 4 heteroatoms. The van der Waals surface area contributed by atoms with Gasteiger partial charge in [0.25, 0.3) is 0 Å². The molecule has 1 aliphatic heterocycles. The standard InChI is InChI=1S/C20H19N3O/c1-15-19(4-2-16-8-12-24-13-9-16)22-20-5-3-18(14-23(15)20)17-6-10-21-11-7-17/h3,5-7,10-11,14,16H,8-9,12-13H2,1H3. The quantitative estimate of drug-likeness (QED) is 0.645. The lowest BCUT2D eigenvalue weighted by Crippen LogP contribution is -2.13. The van der Waals surface area contributed by atoms with Gasteiger partial charge in [0.2, 0.25) is 0 Å². The van der Waals surface area contributed by atoms with Crippen LogP contribution in [0.25, 0.3) is 16.8 Å². The number of aryl methyl sites for hydroxylation is 1. The van der Waals surface area contributed by atoms with Crippen molar-refractivity contribution in [3.8, 4) is 23.0 Å². The van der Waals surface area contributed by atoms with E-state index in [2.05, 4.69) is 45.4 Å². The van der Waals surface area contributed by atoms with E-state index in [-0.39, 0.29) is 0 Å². The Bertz CT molecular complexity index is 912. The van der Waals surface area contributed by atoms with Crippen molar-refractivity contribution in [1.29, 1.82) is 0 Å². The normalized spacial score (nSPS) is 15.2. The van der Waals surface area contributed by atoms with Crippen molar-refractivity contribution in [2.24, 2.45) is 5.92 Å². The highest BCUT2D eigenvalue weighted by atomic mass is 16.5. The molecule has 0 aliphatic carbocycles. The van der Waals surface area contributed by atoms with Crippen LogP contribution >= 0.6 is 0 Å². The van der Waals surface area contributed by atoms with Crippen molar-refractivity contribution in [3.05, 3.63) is 54.2 Å². The Morgan fingerprint density at radius 3 is 2.67 bits per heavy atom. The Labute approximate surface area is 141 Å². The summed E-state index contributed by atoms with van der Waals surface area (Å²) < 4.78 is 7.50. The lowest BCUT2D eigenvalue weighted by molar-refractivity contribution is 0.0807. The average Bonchev–Trinajstić information content (AvgIpc) is 2.97. The van der Waals surface area contributed by atoms with Gasteiger partial charge in [0, 0.05) is 37.7 Å². The Kier molecular flexibility index (Phi) is 4.02. The number of hydrogen-bond acceptors (Lipinski definition) is 3. The monoisotopic (exact) mass is 317 g/mol. The molecular weight excluding hydrogens is 298 g/mol. The summed E-state index contributed by atoms with van der Waals surface area (Å²) in [5.41, 5.74) is 5.18. The maximum atomic E-state index is 5.39. The molecular formula is C20H19N3O. The van der Waals surface area contributed by atoms with Crippen LogP contribution in [0, 0.1) is 24.7 Å². The van der Waals surface area contributed by atoms with E-state index < -0.39 is 0 Å². The van der Waals surface area contributed by atoms with Crippen molar-refractivity contribution in [3.63, 3.8) is 0 Å². The van der Waals surface area contributed by atoms with Crippen molar-refractivity contribution < 1.29 is 4.74 Å². The maximum Gasteiger partial charge on any atom is 0.138 e. The SMILES string of the molecule is Cc1c(C#CC2CCOCC2)nc2ccc(-c3ccncc3)cn12. The van der Waals surface area contributed by atoms with Crippen LogP contribution in [0.1, 0.15) is 24.2 Å². The van der Waals surface area contributed by atoms with Gasteiger partial charge in [-0.1, -0.05) is 5.92 Å². The molecule has 1 saturated heterocycles. The van der Waals surface area contributed by atoms with Crippen molar-refractivity contribution >= 4 is 5.65 Å². The third-order valence-electron chi connectivity index (χ3n) is 4.49. The summed E-state index contributed by atoms with van der Waals surface area (Å²) in [4.78, 5) is 8.75. The largest absolute Gasteiger partial charge is 0.381 e. The van der Waals surface area contributed by atoms with Gasteiger partial charge in [-0.15, -0.1) is 0 Å². The van der Waals surface area contributed by atoms with Gasteiger partial charge in [-0.3, -0.25) is 4.98 Å². The Balaban J connectivity index is 1.69. The van der Waals surface area contributed by atoms with Gasteiger partial charge >= 0.3 is 0 Å². The number of rotatable bonds is 1. The Morgan fingerprint density at radius 1 is 1.08 bits per heavy atom. The fourth-order valence-electron chi connectivity index (χ4n) is 3.01. The molecule has 0 N–H and O–H groups in total. The molecule has 0 saturated carbocycles. The van der Waals surface area contributed by atoms with E-state index in [0.717, 1.165) is 54.2 Å². The first kappa shape index (κ1) is 14.9. The molecule has 0 radical (unpaired) electrons. The lowest BCUT2D eigenvalue weighted by atomic mass is 10.0. The molecule has 0 spiro atoms. The molecule has 4 heterocycles. The molecule has 24 heavy (non-hydrogen) atoms. The molecule has 1 aliphatic rings. The molecule has 0 unspecified atom stereocenters. The molecule has 0 aromatic carbocycles. The zero-order valence-electron chi connectivity index (χ0n) is 13.7. The van der Waals surface area contributed by atoms with Gasteiger partial charge in [0.1, 0.15) is 11.3 Å². The molecule has 0 amide bonds. The first-order valence-electron chi connectivity index (χ1n) is 8.29. The molecule has 4 rings (SSSR count). The molecule has 0 bridgehead atoms. The molecule has 3 aromatic heterocycles. The fourth-order valence-corrected chi connectivity index (χ4v) is 3.01. The number of ether oxygens (including phenoxy) is 1. The van der Waals surface area contributed by atoms with Crippen molar-refractivity contribution in [2.75, 3.05) is 13.2 Å². The highest BCUT2D eigenvalue weighted by Gasteiger charge is 2.12. The summed E-state index contributed by atoms with van der Waals surface area (Å²) in [6.45, 7) is 3.71. The highest BCUT2D eigenvalue weighted by Crippen LogP contribution is 2.21. The van der Waals surface area contributed by atoms with Crippen molar-refractivity contribution in [2.45, 2.75) is 19.8 Å². The predicted molar refractivity (Wildman–Crippen MR) is 93.6 cm³/mol. The van der Waals surface area contributed by atoms with E-state index in [1.807, 2.05) is 30.6 Å². The predicted octanol–water partition coefficient (Wildman–Crippen LogP) is 3.48. The minimum absolute atomic E-state index is 0.426. The van der Waals surface area contributed by atoms with Crippen LogP contribution in [0.3, 0.4) is 0 Å². The number of imidazole rings is 1. The molecule has 0 atom stereocenters. The smallest absolute Gasteiger partial charge is 0.138 e. The second-order valence-electron chi connectivity index (χ2n) is 6.08. The molecule has 4 nitrogen and oxygen atoms in total. The Hall–Kier alpha value is -2.64. The minimum Gasteiger partial charge on any atom is -0.381 e. The summed E-state index contributed by atoms with van der Waals surface area (Å²) in [5.74, 6) is 7.08. The topological polar surface area (TPSA) is 39.4 Å². The van der Waals surface area contributed by atoms with E-state index in [0.29, 0.717) is 5.92 Å². The van der Waals surface area contributed by atoms with E-state index in [1.54, 1.807) is 0 Å². The zero-order chi connectivity index (χ0) is 16.4. The highest BCUT2D eigenvalue weighted by molar-refractivity contribution is 5.65. The van der Waals surface area contributed by atoms with Crippen LogP contribution in [0.5, 0.6) is 0 Å². The van der Waals surface area contributed by atoms with Gasteiger partial charge in [-0.25, -0.2) is 4.98 Å². The maximum absolute atomic E-state index is 5.39.